The molecule has 1 amide bonds. The van der Waals surface area contributed by atoms with Crippen LogP contribution >= 0.6 is 11.6 Å². The summed E-state index contributed by atoms with van der Waals surface area (Å²) in [7, 11) is 1.50. The maximum absolute atomic E-state index is 11.1. The summed E-state index contributed by atoms with van der Waals surface area (Å²) in [5.74, 6) is -0.327. The summed E-state index contributed by atoms with van der Waals surface area (Å²) in [6.07, 6.45) is 1.27. The molecule has 0 spiro atoms. The molecule has 0 saturated carbocycles. The predicted molar refractivity (Wildman–Crippen MR) is 47.4 cm³/mol. The molecule has 1 heterocycles. The second-order valence-electron chi connectivity index (χ2n) is 2.24. The minimum absolute atomic E-state index is 0.200. The zero-order valence-corrected chi connectivity index (χ0v) is 7.59. The van der Waals surface area contributed by atoms with Gasteiger partial charge >= 0.3 is 0 Å². The van der Waals surface area contributed by atoms with Gasteiger partial charge in [-0.3, -0.25) is 4.79 Å². The van der Waals surface area contributed by atoms with Crippen molar-refractivity contribution in [3.8, 4) is 6.07 Å². The molecular weight excluding hydrogens is 190 g/mol. The lowest BCUT2D eigenvalue weighted by atomic mass is 10.2. The molecule has 0 saturated heterocycles. The Morgan fingerprint density at radius 1 is 1.77 bits per heavy atom. The fraction of sp³-hybridized carbons (Fsp3) is 0.125. The molecule has 0 aliphatic carbocycles. The van der Waals surface area contributed by atoms with E-state index >= 15 is 0 Å². The number of nitriles is 1. The van der Waals surface area contributed by atoms with E-state index in [9.17, 15) is 4.79 Å². The Bertz CT molecular complexity index is 383. The second-order valence-corrected chi connectivity index (χ2v) is 2.65. The maximum atomic E-state index is 11.1. The Kier molecular flexibility index (Phi) is 2.83. The van der Waals surface area contributed by atoms with Gasteiger partial charge < -0.3 is 5.32 Å². The van der Waals surface area contributed by atoms with E-state index in [1.165, 1.54) is 19.3 Å². The normalized spacial score (nSPS) is 9.00. The first-order valence-electron chi connectivity index (χ1n) is 3.46. The SMILES string of the molecule is CNC(=O)c1cc(Cl)c(C#N)cn1. The van der Waals surface area contributed by atoms with Gasteiger partial charge in [-0.25, -0.2) is 4.98 Å². The molecule has 0 fully saturated rings. The lowest BCUT2D eigenvalue weighted by molar-refractivity contribution is 0.0958. The van der Waals surface area contributed by atoms with Gasteiger partial charge in [0.1, 0.15) is 11.8 Å². The van der Waals surface area contributed by atoms with Crippen LogP contribution in [0.3, 0.4) is 0 Å². The van der Waals surface area contributed by atoms with Crippen molar-refractivity contribution in [3.05, 3.63) is 28.5 Å². The number of pyridine rings is 1. The second kappa shape index (κ2) is 3.87. The molecule has 13 heavy (non-hydrogen) atoms. The smallest absolute Gasteiger partial charge is 0.269 e. The van der Waals surface area contributed by atoms with Crippen LogP contribution in [-0.4, -0.2) is 17.9 Å². The summed E-state index contributed by atoms with van der Waals surface area (Å²) in [6.45, 7) is 0. The molecular formula is C8H6ClN3O. The van der Waals surface area contributed by atoms with Crippen molar-refractivity contribution in [2.45, 2.75) is 0 Å². The Labute approximate surface area is 80.2 Å². The first-order valence-corrected chi connectivity index (χ1v) is 3.84. The molecule has 0 radical (unpaired) electrons. The summed E-state index contributed by atoms with van der Waals surface area (Å²) >= 11 is 5.69. The van der Waals surface area contributed by atoms with Crippen LogP contribution in [0, 0.1) is 11.3 Å². The lowest BCUT2D eigenvalue weighted by Gasteiger charge is -1.99. The van der Waals surface area contributed by atoms with E-state index in [1.54, 1.807) is 0 Å². The van der Waals surface area contributed by atoms with E-state index < -0.39 is 0 Å². The average Bonchev–Trinajstić information content (AvgIpc) is 2.16. The van der Waals surface area contributed by atoms with Gasteiger partial charge in [-0.1, -0.05) is 11.6 Å². The van der Waals surface area contributed by atoms with Gasteiger partial charge in [-0.05, 0) is 6.07 Å². The third-order valence-corrected chi connectivity index (χ3v) is 1.75. The maximum Gasteiger partial charge on any atom is 0.269 e. The molecule has 1 aromatic rings. The number of nitrogens with one attached hydrogen (secondary N) is 1. The Hall–Kier alpha value is -1.60. The zero-order chi connectivity index (χ0) is 9.84. The number of carbonyl (C=O) groups excluding carboxylic acids is 1. The van der Waals surface area contributed by atoms with Gasteiger partial charge in [-0.2, -0.15) is 5.26 Å². The van der Waals surface area contributed by atoms with Crippen LogP contribution in [0.1, 0.15) is 16.1 Å². The molecule has 1 aromatic heterocycles. The number of rotatable bonds is 1. The fourth-order valence-electron chi connectivity index (χ4n) is 0.765. The highest BCUT2D eigenvalue weighted by Gasteiger charge is 2.07. The van der Waals surface area contributed by atoms with Gasteiger partial charge in [0, 0.05) is 13.2 Å². The van der Waals surface area contributed by atoms with E-state index in [4.69, 9.17) is 16.9 Å². The summed E-state index contributed by atoms with van der Waals surface area (Å²) in [4.78, 5) is 14.8. The number of amides is 1. The van der Waals surface area contributed by atoms with Crippen LogP contribution in [0.4, 0.5) is 0 Å². The monoisotopic (exact) mass is 195 g/mol. The molecule has 0 aliphatic heterocycles. The Morgan fingerprint density at radius 2 is 2.46 bits per heavy atom. The zero-order valence-electron chi connectivity index (χ0n) is 6.84. The highest BCUT2D eigenvalue weighted by Crippen LogP contribution is 2.14. The van der Waals surface area contributed by atoms with Gasteiger partial charge in [-0.15, -0.1) is 0 Å². The molecule has 0 aromatic carbocycles. The molecule has 66 valence electrons. The summed E-state index contributed by atoms with van der Waals surface area (Å²) in [6, 6.07) is 3.21. The van der Waals surface area contributed by atoms with Crippen molar-refractivity contribution in [2.24, 2.45) is 0 Å². The van der Waals surface area contributed by atoms with E-state index in [0.29, 0.717) is 0 Å². The van der Waals surface area contributed by atoms with Crippen LogP contribution in [0.5, 0.6) is 0 Å². The van der Waals surface area contributed by atoms with E-state index in [2.05, 4.69) is 10.3 Å². The third-order valence-electron chi connectivity index (χ3n) is 1.43. The molecule has 0 unspecified atom stereocenters. The average molecular weight is 196 g/mol. The molecule has 0 atom stereocenters. The fourth-order valence-corrected chi connectivity index (χ4v) is 0.960. The quantitative estimate of drug-likeness (QED) is 0.726. The molecule has 4 nitrogen and oxygen atoms in total. The Morgan fingerprint density at radius 3 is 2.92 bits per heavy atom. The van der Waals surface area contributed by atoms with Crippen LogP contribution in [0.2, 0.25) is 5.02 Å². The highest BCUT2D eigenvalue weighted by atomic mass is 35.5. The summed E-state index contributed by atoms with van der Waals surface area (Å²) in [5.41, 5.74) is 0.459. The number of nitrogens with zero attached hydrogens (tertiary/aromatic N) is 2. The molecule has 0 aliphatic rings. The lowest BCUT2D eigenvalue weighted by Crippen LogP contribution is -2.19. The van der Waals surface area contributed by atoms with Crippen molar-refractivity contribution in [3.63, 3.8) is 0 Å². The third kappa shape index (κ3) is 1.95. The van der Waals surface area contributed by atoms with Crippen molar-refractivity contribution in [1.82, 2.24) is 10.3 Å². The number of carbonyl (C=O) groups is 1. The van der Waals surface area contributed by atoms with Crippen LogP contribution < -0.4 is 5.32 Å². The van der Waals surface area contributed by atoms with Gasteiger partial charge in [0.2, 0.25) is 0 Å². The summed E-state index contributed by atoms with van der Waals surface area (Å²) in [5, 5.41) is 11.2. The number of hydrogen-bond acceptors (Lipinski definition) is 3. The molecule has 1 N–H and O–H groups in total. The number of hydrogen-bond donors (Lipinski definition) is 1. The minimum Gasteiger partial charge on any atom is -0.354 e. The minimum atomic E-state index is -0.327. The molecule has 1 rings (SSSR count). The van der Waals surface area contributed by atoms with E-state index in [0.717, 1.165) is 0 Å². The van der Waals surface area contributed by atoms with Gasteiger partial charge in [0.15, 0.2) is 0 Å². The van der Waals surface area contributed by atoms with Crippen molar-refractivity contribution < 1.29 is 4.79 Å². The number of aromatic nitrogens is 1. The highest BCUT2D eigenvalue weighted by molar-refractivity contribution is 6.32. The molecule has 5 heteroatoms. The predicted octanol–water partition coefficient (Wildman–Crippen LogP) is 0.966. The van der Waals surface area contributed by atoms with Crippen LogP contribution in [0.25, 0.3) is 0 Å². The number of halogens is 1. The first kappa shape index (κ1) is 9.49. The van der Waals surface area contributed by atoms with Crippen LogP contribution in [-0.2, 0) is 0 Å². The van der Waals surface area contributed by atoms with Crippen molar-refractivity contribution in [1.29, 1.82) is 5.26 Å². The Balaban J connectivity index is 3.11. The van der Waals surface area contributed by atoms with Crippen molar-refractivity contribution >= 4 is 17.5 Å². The summed E-state index contributed by atoms with van der Waals surface area (Å²) < 4.78 is 0. The van der Waals surface area contributed by atoms with E-state index in [-0.39, 0.29) is 22.2 Å². The first-order chi connectivity index (χ1) is 6.19. The van der Waals surface area contributed by atoms with Gasteiger partial charge in [0.05, 0.1) is 10.6 Å². The largest absolute Gasteiger partial charge is 0.354 e. The van der Waals surface area contributed by atoms with Crippen molar-refractivity contribution in [2.75, 3.05) is 7.05 Å². The van der Waals surface area contributed by atoms with Crippen LogP contribution in [0.15, 0.2) is 12.3 Å². The standard InChI is InChI=1S/C8H6ClN3O/c1-11-8(13)7-2-6(9)5(3-10)4-12-7/h2,4H,1H3,(H,11,13). The van der Waals surface area contributed by atoms with Gasteiger partial charge in [0.25, 0.3) is 5.91 Å². The van der Waals surface area contributed by atoms with E-state index in [1.807, 2.05) is 6.07 Å². The topological polar surface area (TPSA) is 65.8 Å². The molecule has 0 bridgehead atoms.